The molecule has 0 unspecified atom stereocenters. The number of aromatic nitrogens is 1. The van der Waals surface area contributed by atoms with E-state index < -0.39 is 0 Å². The summed E-state index contributed by atoms with van der Waals surface area (Å²) in [6.45, 7) is 0. The lowest BCUT2D eigenvalue weighted by molar-refractivity contribution is 0.0915. The van der Waals surface area contributed by atoms with Crippen molar-refractivity contribution >= 4 is 11.6 Å². The second-order valence-corrected chi connectivity index (χ2v) is 8.08. The van der Waals surface area contributed by atoms with Gasteiger partial charge in [-0.3, -0.25) is 9.59 Å². The smallest absolute Gasteiger partial charge is 0.181 e. The first-order valence-corrected chi connectivity index (χ1v) is 11.5. The van der Waals surface area contributed by atoms with Crippen LogP contribution in [0, 0.1) is 0 Å². The van der Waals surface area contributed by atoms with Gasteiger partial charge in [0.15, 0.2) is 23.1 Å². The van der Waals surface area contributed by atoms with E-state index in [1.54, 1.807) is 37.4 Å². The van der Waals surface area contributed by atoms with E-state index in [4.69, 9.17) is 14.2 Å². The molecule has 4 rings (SSSR count). The van der Waals surface area contributed by atoms with Crippen molar-refractivity contribution < 1.29 is 23.8 Å². The highest BCUT2D eigenvalue weighted by Gasteiger charge is 2.18. The van der Waals surface area contributed by atoms with Crippen LogP contribution in [0.2, 0.25) is 0 Å². The predicted molar refractivity (Wildman–Crippen MR) is 139 cm³/mol. The van der Waals surface area contributed by atoms with Crippen molar-refractivity contribution in [3.63, 3.8) is 0 Å². The summed E-state index contributed by atoms with van der Waals surface area (Å²) >= 11 is 0. The molecular weight excluding hydrogens is 454 g/mol. The van der Waals surface area contributed by atoms with E-state index in [1.807, 2.05) is 54.6 Å². The van der Waals surface area contributed by atoms with Gasteiger partial charge in [-0.05, 0) is 41.5 Å². The fraction of sp³-hybridized carbons (Fsp3) is 0.167. The molecule has 0 aliphatic carbocycles. The van der Waals surface area contributed by atoms with E-state index in [-0.39, 0.29) is 30.1 Å². The van der Waals surface area contributed by atoms with Crippen molar-refractivity contribution in [3.05, 3.63) is 96.2 Å². The maximum Gasteiger partial charge on any atom is 0.181 e. The Morgan fingerprint density at radius 1 is 0.639 bits per heavy atom. The van der Waals surface area contributed by atoms with E-state index in [0.717, 1.165) is 16.7 Å². The molecule has 1 heterocycles. The number of ketones is 2. The van der Waals surface area contributed by atoms with E-state index >= 15 is 0 Å². The van der Waals surface area contributed by atoms with Gasteiger partial charge in [-0.15, -0.1) is 0 Å². The molecule has 0 saturated heterocycles. The zero-order valence-electron chi connectivity index (χ0n) is 20.5. The number of hydrogen-bond donors (Lipinski definition) is 0. The van der Waals surface area contributed by atoms with Crippen LogP contribution < -0.4 is 14.2 Å². The normalized spacial score (nSPS) is 10.5. The van der Waals surface area contributed by atoms with Gasteiger partial charge >= 0.3 is 0 Å². The number of Topliss-reactive ketones (excluding diaryl/α,β-unsaturated/α-hetero) is 2. The summed E-state index contributed by atoms with van der Waals surface area (Å²) in [7, 11) is 4.62. The minimum Gasteiger partial charge on any atom is -0.494 e. The Hall–Kier alpha value is -4.45. The highest BCUT2D eigenvalue weighted by Crippen LogP contribution is 2.36. The molecule has 4 aromatic rings. The molecule has 0 spiro atoms. The Morgan fingerprint density at radius 2 is 1.25 bits per heavy atom. The minimum atomic E-state index is -0.218. The quantitative estimate of drug-likeness (QED) is 0.248. The summed E-state index contributed by atoms with van der Waals surface area (Å²) in [5.41, 5.74) is 4.20. The molecule has 0 aliphatic rings. The number of methoxy groups -OCH3 is 3. The average molecular weight is 482 g/mol. The van der Waals surface area contributed by atoms with Crippen molar-refractivity contribution in [1.82, 2.24) is 4.98 Å². The van der Waals surface area contributed by atoms with Crippen LogP contribution in [0.4, 0.5) is 0 Å². The third-order valence-corrected chi connectivity index (χ3v) is 5.92. The highest BCUT2D eigenvalue weighted by atomic mass is 16.5. The van der Waals surface area contributed by atoms with Crippen LogP contribution in [0.25, 0.3) is 22.4 Å². The molecule has 0 aliphatic heterocycles. The van der Waals surface area contributed by atoms with Crippen molar-refractivity contribution in [2.75, 3.05) is 21.3 Å². The van der Waals surface area contributed by atoms with Crippen LogP contribution in [0.3, 0.4) is 0 Å². The van der Waals surface area contributed by atoms with Gasteiger partial charge in [0.05, 0.1) is 21.3 Å². The first kappa shape index (κ1) is 24.7. The molecule has 0 N–H and O–H groups in total. The van der Waals surface area contributed by atoms with E-state index in [2.05, 4.69) is 4.98 Å². The summed E-state index contributed by atoms with van der Waals surface area (Å²) in [5, 5.41) is 0. The van der Waals surface area contributed by atoms with Gasteiger partial charge in [0, 0.05) is 24.0 Å². The zero-order valence-corrected chi connectivity index (χ0v) is 20.5. The molecule has 0 saturated carbocycles. The second-order valence-electron chi connectivity index (χ2n) is 8.08. The van der Waals surface area contributed by atoms with Crippen molar-refractivity contribution in [2.45, 2.75) is 12.8 Å². The fourth-order valence-electron chi connectivity index (χ4n) is 4.03. The van der Waals surface area contributed by atoms with E-state index in [1.165, 1.54) is 14.2 Å². The monoisotopic (exact) mass is 481 g/mol. The maximum absolute atomic E-state index is 13.0. The summed E-state index contributed by atoms with van der Waals surface area (Å²) in [4.78, 5) is 30.5. The molecule has 0 amide bonds. The van der Waals surface area contributed by atoms with Gasteiger partial charge in [-0.1, -0.05) is 54.6 Å². The molecule has 6 nitrogen and oxygen atoms in total. The lowest BCUT2D eigenvalue weighted by atomic mass is 9.96. The highest BCUT2D eigenvalue weighted by molar-refractivity contribution is 6.02. The second kappa shape index (κ2) is 11.3. The Kier molecular flexibility index (Phi) is 7.75. The van der Waals surface area contributed by atoms with Crippen LogP contribution in [0.1, 0.15) is 33.7 Å². The first-order valence-electron chi connectivity index (χ1n) is 11.5. The molecular formula is C30H27NO5. The molecule has 3 aromatic carbocycles. The van der Waals surface area contributed by atoms with Crippen LogP contribution in [0.5, 0.6) is 17.2 Å². The van der Waals surface area contributed by atoms with Gasteiger partial charge < -0.3 is 14.2 Å². The third kappa shape index (κ3) is 5.28. The number of pyridine rings is 1. The van der Waals surface area contributed by atoms with Crippen LogP contribution in [-0.2, 0) is 0 Å². The van der Waals surface area contributed by atoms with Gasteiger partial charge in [-0.2, -0.15) is 0 Å². The van der Waals surface area contributed by atoms with Crippen LogP contribution in [-0.4, -0.2) is 37.9 Å². The summed E-state index contributed by atoms with van der Waals surface area (Å²) in [6, 6.07) is 26.2. The summed E-state index contributed by atoms with van der Waals surface area (Å²) in [6.07, 6.45) is 0.0875. The molecule has 0 fully saturated rings. The standard InChI is InChI=1S/C30H27NO5/c1-34-27-17-13-21(19-29(27)36-3)25(32)15-16-26(33)24-14-18-28(35-2)30(31-24)23-12-8-7-11-22(23)20-9-5-4-6-10-20/h4-14,17-19H,15-16H2,1-3H3. The molecule has 182 valence electrons. The third-order valence-electron chi connectivity index (χ3n) is 5.92. The first-order chi connectivity index (χ1) is 17.5. The summed E-state index contributed by atoms with van der Waals surface area (Å²) in [5.74, 6) is 1.19. The average Bonchev–Trinajstić information content (AvgIpc) is 2.95. The molecule has 0 bridgehead atoms. The minimum absolute atomic E-state index is 0.0340. The summed E-state index contributed by atoms with van der Waals surface area (Å²) < 4.78 is 16.1. The van der Waals surface area contributed by atoms with Gasteiger partial charge in [0.1, 0.15) is 17.1 Å². The van der Waals surface area contributed by atoms with E-state index in [0.29, 0.717) is 28.5 Å². The number of benzene rings is 3. The molecule has 0 atom stereocenters. The molecule has 1 aromatic heterocycles. The molecule has 6 heteroatoms. The zero-order chi connectivity index (χ0) is 25.5. The number of ether oxygens (including phenoxy) is 3. The van der Waals surface area contributed by atoms with Gasteiger partial charge in [0.25, 0.3) is 0 Å². The Bertz CT molecular complexity index is 1380. The Morgan fingerprint density at radius 3 is 1.94 bits per heavy atom. The number of hydrogen-bond acceptors (Lipinski definition) is 6. The number of carbonyl (C=O) groups is 2. The van der Waals surface area contributed by atoms with Gasteiger partial charge in [0.2, 0.25) is 0 Å². The Balaban J connectivity index is 1.58. The van der Waals surface area contributed by atoms with Crippen molar-refractivity contribution in [2.24, 2.45) is 0 Å². The largest absolute Gasteiger partial charge is 0.494 e. The molecule has 36 heavy (non-hydrogen) atoms. The fourth-order valence-corrected chi connectivity index (χ4v) is 4.03. The topological polar surface area (TPSA) is 74.7 Å². The maximum atomic E-state index is 13.0. The van der Waals surface area contributed by atoms with Gasteiger partial charge in [-0.25, -0.2) is 4.98 Å². The number of rotatable bonds is 10. The molecule has 0 radical (unpaired) electrons. The van der Waals surface area contributed by atoms with Crippen molar-refractivity contribution in [1.29, 1.82) is 0 Å². The van der Waals surface area contributed by atoms with Crippen molar-refractivity contribution in [3.8, 4) is 39.6 Å². The van der Waals surface area contributed by atoms with Crippen LogP contribution in [0.15, 0.2) is 84.9 Å². The lowest BCUT2D eigenvalue weighted by Gasteiger charge is -2.14. The SMILES string of the molecule is COc1ccc(C(=O)CCC(=O)c2ccc(OC)c(-c3ccccc3-c3ccccc3)n2)cc1OC. The van der Waals surface area contributed by atoms with Crippen LogP contribution >= 0.6 is 0 Å². The number of carbonyl (C=O) groups excluding carboxylic acids is 2. The number of nitrogens with zero attached hydrogens (tertiary/aromatic N) is 1. The Labute approximate surface area is 210 Å². The predicted octanol–water partition coefficient (Wildman–Crippen LogP) is 6.29. The lowest BCUT2D eigenvalue weighted by Crippen LogP contribution is -2.08. The van der Waals surface area contributed by atoms with E-state index in [9.17, 15) is 9.59 Å².